The van der Waals surface area contributed by atoms with Gasteiger partial charge in [0.1, 0.15) is 0 Å². The maximum absolute atomic E-state index is 11.1. The minimum Gasteiger partial charge on any atom is -0.369 e. The van der Waals surface area contributed by atoms with Crippen LogP contribution in [-0.2, 0) is 0 Å². The highest BCUT2D eigenvalue weighted by molar-refractivity contribution is 14.1. The van der Waals surface area contributed by atoms with E-state index >= 15 is 0 Å². The van der Waals surface area contributed by atoms with Gasteiger partial charge in [-0.25, -0.2) is 10.3 Å². The number of anilines is 1. The van der Waals surface area contributed by atoms with Gasteiger partial charge in [-0.1, -0.05) is 0 Å². The average molecular weight is 276 g/mol. The number of hydrogen-bond donors (Lipinski definition) is 2. The molecule has 0 amide bonds. The van der Waals surface area contributed by atoms with E-state index in [0.29, 0.717) is 9.66 Å². The van der Waals surface area contributed by atoms with Gasteiger partial charge < -0.3 is 5.73 Å². The van der Waals surface area contributed by atoms with Crippen molar-refractivity contribution in [2.24, 2.45) is 4.99 Å². The van der Waals surface area contributed by atoms with Crippen molar-refractivity contribution in [3.05, 3.63) is 10.4 Å². The minimum absolute atomic E-state index is 0.0591. The molecule has 0 saturated heterocycles. The standard InChI is InChI=1S/C5H3IN5O/c6-4-8-1-2(9-4)10-5(7)11-3(1)12/h(H3,7,10,11,12). The van der Waals surface area contributed by atoms with Gasteiger partial charge in [0.05, 0.1) is 0 Å². The van der Waals surface area contributed by atoms with Gasteiger partial charge in [-0.2, -0.15) is 4.98 Å². The van der Waals surface area contributed by atoms with E-state index in [1.54, 1.807) is 0 Å². The van der Waals surface area contributed by atoms with Crippen molar-refractivity contribution in [3.8, 4) is 0 Å². The number of aliphatic imine (C=N–C) groups is 1. The number of H-pyrrole nitrogens is 1. The van der Waals surface area contributed by atoms with E-state index in [9.17, 15) is 4.79 Å². The van der Waals surface area contributed by atoms with Gasteiger partial charge in [-0.05, 0) is 0 Å². The van der Waals surface area contributed by atoms with Crippen molar-refractivity contribution >= 4 is 43.9 Å². The number of aromatic nitrogens is 2. The lowest BCUT2D eigenvalue weighted by Crippen LogP contribution is -2.10. The predicted octanol–water partition coefficient (Wildman–Crippen LogP) is 0.0241. The summed E-state index contributed by atoms with van der Waals surface area (Å²) in [6, 6.07) is 0. The summed E-state index contributed by atoms with van der Waals surface area (Å²) in [6.07, 6.45) is 0. The maximum atomic E-state index is 11.1. The summed E-state index contributed by atoms with van der Waals surface area (Å²) in [6.45, 7) is 0. The van der Waals surface area contributed by atoms with Crippen LogP contribution in [0.1, 0.15) is 0 Å². The Morgan fingerprint density at radius 1 is 1.50 bits per heavy atom. The third-order valence-electron chi connectivity index (χ3n) is 1.30. The highest BCUT2D eigenvalue weighted by atomic mass is 127. The summed E-state index contributed by atoms with van der Waals surface area (Å²) in [5.41, 5.74) is 5.17. The van der Waals surface area contributed by atoms with Gasteiger partial charge in [-0.3, -0.25) is 9.78 Å². The number of nitrogens with one attached hydrogen (secondary N) is 1. The zero-order valence-electron chi connectivity index (χ0n) is 5.71. The first kappa shape index (κ1) is 7.53. The molecule has 2 heterocycles. The molecule has 0 aromatic carbocycles. The number of rotatable bonds is 0. The van der Waals surface area contributed by atoms with Crippen LogP contribution in [0.5, 0.6) is 0 Å². The van der Waals surface area contributed by atoms with Gasteiger partial charge in [0, 0.05) is 22.6 Å². The van der Waals surface area contributed by atoms with E-state index < -0.39 is 0 Å². The van der Waals surface area contributed by atoms with Crippen LogP contribution in [0.4, 0.5) is 17.5 Å². The Morgan fingerprint density at radius 3 is 3.00 bits per heavy atom. The molecule has 0 fully saturated rings. The lowest BCUT2D eigenvalue weighted by molar-refractivity contribution is 1.10. The predicted molar refractivity (Wildman–Crippen MR) is 52.2 cm³/mol. The van der Waals surface area contributed by atoms with Gasteiger partial charge in [0.25, 0.3) is 5.56 Å². The Morgan fingerprint density at radius 2 is 2.25 bits per heavy atom. The fraction of sp³-hybridized carbons (Fsp3) is 0. The molecule has 0 saturated carbocycles. The first-order chi connectivity index (χ1) is 5.66. The van der Waals surface area contributed by atoms with Crippen LogP contribution in [0.25, 0.3) is 0 Å². The first-order valence-corrected chi connectivity index (χ1v) is 4.10. The first-order valence-electron chi connectivity index (χ1n) is 3.02. The molecule has 0 atom stereocenters. The molecular formula is C5H3IN5O. The molecule has 7 heteroatoms. The molecule has 6 nitrogen and oxygen atoms in total. The maximum Gasteiger partial charge on any atom is 0.280 e. The Kier molecular flexibility index (Phi) is 1.53. The second kappa shape index (κ2) is 2.44. The molecule has 0 spiro atoms. The third kappa shape index (κ3) is 1.05. The molecule has 0 unspecified atom stereocenters. The van der Waals surface area contributed by atoms with E-state index in [0.717, 1.165) is 0 Å². The molecule has 1 aromatic rings. The molecule has 1 aliphatic heterocycles. The summed E-state index contributed by atoms with van der Waals surface area (Å²) in [5, 5.41) is 3.90. The Hall–Kier alpha value is -1.12. The smallest absolute Gasteiger partial charge is 0.280 e. The number of hydrogen-bond acceptors (Lipinski definition) is 4. The fourth-order valence-corrected chi connectivity index (χ4v) is 1.33. The highest BCUT2D eigenvalue weighted by Gasteiger charge is 2.18. The molecule has 3 N–H and O–H groups in total. The lowest BCUT2D eigenvalue weighted by Gasteiger charge is -1.94. The van der Waals surface area contributed by atoms with Gasteiger partial charge in [0.15, 0.2) is 15.3 Å². The summed E-state index contributed by atoms with van der Waals surface area (Å²) < 4.78 is 0.492. The SMILES string of the molecule is Nc1nc2c(c(=O)[nH]1)N=C(I)[N]2. The van der Waals surface area contributed by atoms with Crippen LogP contribution in [-0.4, -0.2) is 13.8 Å². The minimum atomic E-state index is -0.354. The molecule has 12 heavy (non-hydrogen) atoms. The molecule has 0 aliphatic carbocycles. The van der Waals surface area contributed by atoms with E-state index in [4.69, 9.17) is 5.73 Å². The molecule has 1 radical (unpaired) electrons. The zero-order valence-corrected chi connectivity index (χ0v) is 7.86. The van der Waals surface area contributed by atoms with Crippen molar-refractivity contribution in [2.45, 2.75) is 0 Å². The Labute approximate surface area is 80.4 Å². The highest BCUT2D eigenvalue weighted by Crippen LogP contribution is 2.25. The van der Waals surface area contributed by atoms with Gasteiger partial charge in [0.2, 0.25) is 5.95 Å². The second-order valence-corrected chi connectivity index (χ2v) is 3.08. The van der Waals surface area contributed by atoms with Crippen molar-refractivity contribution in [3.63, 3.8) is 0 Å². The number of fused-ring (bicyclic) bond motifs is 1. The van der Waals surface area contributed by atoms with Crippen LogP contribution in [0.3, 0.4) is 0 Å². The number of nitrogens with zero attached hydrogens (tertiary/aromatic N) is 3. The monoisotopic (exact) mass is 276 g/mol. The topological polar surface area (TPSA) is 98.2 Å². The van der Waals surface area contributed by atoms with Gasteiger partial charge >= 0.3 is 0 Å². The van der Waals surface area contributed by atoms with E-state index in [1.807, 2.05) is 22.6 Å². The van der Waals surface area contributed by atoms with Crippen LogP contribution in [0, 0.1) is 0 Å². The van der Waals surface area contributed by atoms with Crippen LogP contribution < -0.4 is 16.6 Å². The molecule has 1 aliphatic rings. The fourth-order valence-electron chi connectivity index (χ4n) is 0.855. The number of aromatic amines is 1. The van der Waals surface area contributed by atoms with Crippen molar-refractivity contribution in [1.29, 1.82) is 0 Å². The summed E-state index contributed by atoms with van der Waals surface area (Å²) in [5.74, 6) is 0.351. The quantitative estimate of drug-likeness (QED) is 0.516. The lowest BCUT2D eigenvalue weighted by atomic mass is 10.5. The largest absolute Gasteiger partial charge is 0.369 e. The Bertz CT molecular complexity index is 422. The molecule has 1 aromatic heterocycles. The second-order valence-electron chi connectivity index (χ2n) is 2.12. The Balaban J connectivity index is 2.70. The van der Waals surface area contributed by atoms with Crippen LogP contribution in [0.2, 0.25) is 0 Å². The molecular weight excluding hydrogens is 273 g/mol. The summed E-state index contributed by atoms with van der Waals surface area (Å²) in [7, 11) is 0. The summed E-state index contributed by atoms with van der Waals surface area (Å²) in [4.78, 5) is 21.1. The van der Waals surface area contributed by atoms with E-state index in [-0.39, 0.29) is 17.2 Å². The normalized spacial score (nSPS) is 13.6. The third-order valence-corrected chi connectivity index (χ3v) is 1.78. The van der Waals surface area contributed by atoms with Crippen LogP contribution in [0.15, 0.2) is 9.79 Å². The number of nitrogen functional groups attached to an aromatic ring is 1. The zero-order chi connectivity index (χ0) is 8.72. The van der Waals surface area contributed by atoms with Crippen molar-refractivity contribution < 1.29 is 0 Å². The van der Waals surface area contributed by atoms with Crippen molar-refractivity contribution in [2.75, 3.05) is 5.73 Å². The number of nitrogens with two attached hydrogens (primary N) is 1. The summed E-state index contributed by atoms with van der Waals surface area (Å²) >= 11 is 1.91. The number of halogens is 1. The number of amidine groups is 1. The molecule has 61 valence electrons. The van der Waals surface area contributed by atoms with E-state index in [1.165, 1.54) is 0 Å². The van der Waals surface area contributed by atoms with E-state index in [2.05, 4.69) is 20.3 Å². The molecule has 2 rings (SSSR count). The molecule has 0 bridgehead atoms. The van der Waals surface area contributed by atoms with Crippen molar-refractivity contribution in [1.82, 2.24) is 15.3 Å². The van der Waals surface area contributed by atoms with Gasteiger partial charge in [-0.15, -0.1) is 0 Å². The average Bonchev–Trinajstić information content (AvgIpc) is 2.29. The van der Waals surface area contributed by atoms with Crippen LogP contribution >= 0.6 is 22.6 Å².